The number of non-ortho nitro benzene ring substituents is 1. The van der Waals surface area contributed by atoms with Crippen molar-refractivity contribution in [2.45, 2.75) is 33.1 Å². The maximum atomic E-state index is 11.9. The normalized spacial score (nSPS) is 17.0. The lowest BCUT2D eigenvalue weighted by Crippen LogP contribution is -2.36. The van der Waals surface area contributed by atoms with Gasteiger partial charge in [-0.15, -0.1) is 0 Å². The third kappa shape index (κ3) is 3.58. The van der Waals surface area contributed by atoms with Gasteiger partial charge in [0.2, 0.25) is 6.41 Å². The molecule has 0 aromatic heterocycles. The van der Waals surface area contributed by atoms with Crippen LogP contribution in [0.1, 0.15) is 38.7 Å². The van der Waals surface area contributed by atoms with Crippen molar-refractivity contribution in [1.29, 1.82) is 0 Å². The van der Waals surface area contributed by atoms with Gasteiger partial charge in [-0.25, -0.2) is 4.79 Å². The molecule has 1 atom stereocenters. The first-order chi connectivity index (χ1) is 12.3. The highest BCUT2D eigenvalue weighted by Gasteiger charge is 2.35. The average Bonchev–Trinajstić information content (AvgIpc) is 2.59. The first kappa shape index (κ1) is 19.2. The molecule has 26 heavy (non-hydrogen) atoms. The zero-order valence-electron chi connectivity index (χ0n) is 14.9. The van der Waals surface area contributed by atoms with E-state index in [0.717, 1.165) is 0 Å². The minimum atomic E-state index is -1.11. The van der Waals surface area contributed by atoms with Crippen LogP contribution in [-0.4, -0.2) is 33.9 Å². The number of aliphatic carboxylic acids is 1. The second-order valence-corrected chi connectivity index (χ2v) is 6.06. The number of dihydropyridines is 1. The van der Waals surface area contributed by atoms with Crippen LogP contribution < -0.4 is 5.32 Å². The predicted octanol–water partition coefficient (Wildman–Crippen LogP) is 2.74. The molecule has 1 unspecified atom stereocenters. The first-order valence-corrected chi connectivity index (χ1v) is 8.19. The molecule has 0 saturated carbocycles. The number of carbonyl (C=O) groups is 2. The summed E-state index contributed by atoms with van der Waals surface area (Å²) in [4.78, 5) is 35.4. The van der Waals surface area contributed by atoms with E-state index in [1.165, 1.54) is 29.2 Å². The molecule has 1 heterocycles. The largest absolute Gasteiger partial charge is 0.478 e. The van der Waals surface area contributed by atoms with Crippen LogP contribution in [0.2, 0.25) is 0 Å². The number of carboxylic acids is 1. The van der Waals surface area contributed by atoms with Gasteiger partial charge in [0.1, 0.15) is 0 Å². The first-order valence-electron chi connectivity index (χ1n) is 8.19. The third-order valence-corrected chi connectivity index (χ3v) is 4.29. The van der Waals surface area contributed by atoms with Gasteiger partial charge in [0.05, 0.1) is 22.1 Å². The van der Waals surface area contributed by atoms with Gasteiger partial charge in [-0.1, -0.05) is 19.1 Å². The number of nitro benzene ring substituents is 1. The summed E-state index contributed by atoms with van der Waals surface area (Å²) < 4.78 is 0. The molecule has 0 radical (unpaired) electrons. The van der Waals surface area contributed by atoms with E-state index in [1.807, 2.05) is 6.92 Å². The van der Waals surface area contributed by atoms with Crippen LogP contribution in [0.5, 0.6) is 0 Å². The third-order valence-electron chi connectivity index (χ3n) is 4.29. The molecule has 0 spiro atoms. The van der Waals surface area contributed by atoms with Crippen LogP contribution >= 0.6 is 0 Å². The van der Waals surface area contributed by atoms with Gasteiger partial charge in [-0.3, -0.25) is 14.9 Å². The van der Waals surface area contributed by atoms with E-state index in [2.05, 4.69) is 5.32 Å². The van der Waals surface area contributed by atoms with Gasteiger partial charge >= 0.3 is 5.97 Å². The lowest BCUT2D eigenvalue weighted by molar-refractivity contribution is -0.384. The van der Waals surface area contributed by atoms with Crippen LogP contribution in [0.3, 0.4) is 0 Å². The second-order valence-electron chi connectivity index (χ2n) is 6.06. The fourth-order valence-electron chi connectivity index (χ4n) is 3.23. The minimum Gasteiger partial charge on any atom is -0.478 e. The number of carbonyl (C=O) groups excluding carboxylic acids is 1. The van der Waals surface area contributed by atoms with Crippen LogP contribution in [-0.2, 0) is 9.59 Å². The maximum absolute atomic E-state index is 11.9. The number of hydrogen-bond acceptors (Lipinski definition) is 5. The number of nitrogens with zero attached hydrogens (tertiary/aromatic N) is 2. The van der Waals surface area contributed by atoms with Crippen LogP contribution in [0.25, 0.3) is 0 Å². The summed E-state index contributed by atoms with van der Waals surface area (Å²) in [6.07, 6.45) is 1.39. The Morgan fingerprint density at radius 3 is 2.38 bits per heavy atom. The zero-order valence-corrected chi connectivity index (χ0v) is 14.9. The highest BCUT2D eigenvalue weighted by molar-refractivity contribution is 5.91. The van der Waals surface area contributed by atoms with Crippen molar-refractivity contribution in [3.05, 3.63) is 62.6 Å². The Balaban J connectivity index is 2.64. The molecular weight excluding hydrogens is 338 g/mol. The maximum Gasteiger partial charge on any atom is 0.334 e. The smallest absolute Gasteiger partial charge is 0.334 e. The van der Waals surface area contributed by atoms with E-state index in [9.17, 15) is 24.8 Å². The molecule has 2 rings (SSSR count). The predicted molar refractivity (Wildman–Crippen MR) is 95.1 cm³/mol. The van der Waals surface area contributed by atoms with E-state index in [0.29, 0.717) is 42.0 Å². The minimum absolute atomic E-state index is 0.0803. The molecule has 1 aliphatic heterocycles. The number of rotatable bonds is 7. The Labute approximate surface area is 151 Å². The van der Waals surface area contributed by atoms with Crippen molar-refractivity contribution < 1.29 is 19.6 Å². The molecule has 138 valence electrons. The highest BCUT2D eigenvalue weighted by Crippen LogP contribution is 2.39. The van der Waals surface area contributed by atoms with E-state index in [1.54, 1.807) is 13.8 Å². The molecular formula is C18H21N3O5. The molecule has 1 amide bonds. The molecule has 1 aromatic rings. The SMILES string of the molecule is CCCN(C=O)C1=C(C)NC(C)=C(C(=O)O)C1c1ccc([N+](=O)[O-])cc1. The van der Waals surface area contributed by atoms with Gasteiger partial charge in [0.25, 0.3) is 5.69 Å². The van der Waals surface area contributed by atoms with Gasteiger partial charge in [0, 0.05) is 30.1 Å². The van der Waals surface area contributed by atoms with Gasteiger partial charge in [0.15, 0.2) is 0 Å². The van der Waals surface area contributed by atoms with Crippen LogP contribution in [0.15, 0.2) is 46.9 Å². The van der Waals surface area contributed by atoms with Crippen LogP contribution in [0.4, 0.5) is 5.69 Å². The number of amides is 1. The molecule has 0 bridgehead atoms. The molecule has 0 aliphatic carbocycles. The van der Waals surface area contributed by atoms with Crippen molar-refractivity contribution >= 4 is 18.1 Å². The number of allylic oxidation sites excluding steroid dienone is 3. The zero-order chi connectivity index (χ0) is 19.4. The summed E-state index contributed by atoms with van der Waals surface area (Å²) >= 11 is 0. The van der Waals surface area contributed by atoms with Gasteiger partial charge in [-0.05, 0) is 25.8 Å². The molecule has 1 aliphatic rings. The Morgan fingerprint density at radius 1 is 1.31 bits per heavy atom. The monoisotopic (exact) mass is 359 g/mol. The average molecular weight is 359 g/mol. The molecule has 8 heteroatoms. The number of nitrogens with one attached hydrogen (secondary N) is 1. The summed E-state index contributed by atoms with van der Waals surface area (Å²) in [6.45, 7) is 5.80. The van der Waals surface area contributed by atoms with Crippen molar-refractivity contribution in [2.24, 2.45) is 0 Å². The van der Waals surface area contributed by atoms with E-state index < -0.39 is 16.8 Å². The Bertz CT molecular complexity index is 796. The summed E-state index contributed by atoms with van der Waals surface area (Å²) in [6, 6.07) is 5.74. The molecule has 8 nitrogen and oxygen atoms in total. The fraction of sp³-hybridized carbons (Fsp3) is 0.333. The number of benzene rings is 1. The fourth-order valence-corrected chi connectivity index (χ4v) is 3.23. The van der Waals surface area contributed by atoms with Gasteiger partial charge in [-0.2, -0.15) is 0 Å². The summed E-state index contributed by atoms with van der Waals surface area (Å²) in [5.74, 6) is -1.81. The molecule has 1 aromatic carbocycles. The summed E-state index contributed by atoms with van der Waals surface area (Å²) in [5.41, 5.74) is 2.30. The standard InChI is InChI=1S/C18H21N3O5/c1-4-9-20(10-22)17-12(3)19-11(2)15(18(23)24)16(17)13-5-7-14(8-6-13)21(25)26/h5-8,10,16,19H,4,9H2,1-3H3,(H,23,24). The van der Waals surface area contributed by atoms with E-state index in [4.69, 9.17) is 0 Å². The highest BCUT2D eigenvalue weighted by atomic mass is 16.6. The quantitative estimate of drug-likeness (QED) is 0.440. The number of hydrogen-bond donors (Lipinski definition) is 2. The lowest BCUT2D eigenvalue weighted by Gasteiger charge is -2.35. The second kappa shape index (κ2) is 7.81. The van der Waals surface area contributed by atoms with Gasteiger partial charge < -0.3 is 15.3 Å². The molecule has 0 saturated heterocycles. The Hall–Kier alpha value is -3.16. The van der Waals surface area contributed by atoms with E-state index in [-0.39, 0.29) is 11.3 Å². The van der Waals surface area contributed by atoms with Crippen molar-refractivity contribution in [3.63, 3.8) is 0 Å². The molecule has 2 N–H and O–H groups in total. The van der Waals surface area contributed by atoms with Crippen LogP contribution in [0, 0.1) is 10.1 Å². The topological polar surface area (TPSA) is 113 Å². The summed E-state index contributed by atoms with van der Waals surface area (Å²) in [7, 11) is 0. The summed E-state index contributed by atoms with van der Waals surface area (Å²) in [5, 5.41) is 23.7. The number of nitro groups is 1. The van der Waals surface area contributed by atoms with E-state index >= 15 is 0 Å². The molecule has 0 fully saturated rings. The van der Waals surface area contributed by atoms with Crippen molar-refractivity contribution in [2.75, 3.05) is 6.54 Å². The Morgan fingerprint density at radius 2 is 1.92 bits per heavy atom. The lowest BCUT2D eigenvalue weighted by atomic mass is 9.83. The van der Waals surface area contributed by atoms with Crippen molar-refractivity contribution in [3.8, 4) is 0 Å². The van der Waals surface area contributed by atoms with Crippen molar-refractivity contribution in [1.82, 2.24) is 10.2 Å². The number of carboxylic acid groups (broad SMARTS) is 1. The Kier molecular flexibility index (Phi) is 5.76.